The van der Waals surface area contributed by atoms with Gasteiger partial charge in [-0.2, -0.15) is 0 Å². The average Bonchev–Trinajstić information content (AvgIpc) is 2.67. The second kappa shape index (κ2) is 7.69. The number of ether oxygens (including phenoxy) is 1. The predicted octanol–water partition coefficient (Wildman–Crippen LogP) is 2.94. The minimum Gasteiger partial charge on any atom is -0.488 e. The zero-order valence-corrected chi connectivity index (χ0v) is 16.2. The molecule has 1 heterocycles. The Hall–Kier alpha value is -2.39. The molecule has 0 atom stereocenters. The number of rotatable bonds is 5. The smallest absolute Gasteiger partial charge is 0.264 e. The molecular weight excluding hydrogens is 392 g/mol. The number of fused-ring (bicyclic) bond motifs is 1. The van der Waals surface area contributed by atoms with Gasteiger partial charge in [0.05, 0.1) is 17.6 Å². The third kappa shape index (κ3) is 4.14. The molecule has 0 unspecified atom stereocenters. The van der Waals surface area contributed by atoms with Gasteiger partial charge in [-0.05, 0) is 48.5 Å². The Labute approximate surface area is 162 Å². The Bertz CT molecular complexity index is 1000. The molecule has 9 heteroatoms. The molecule has 1 aliphatic heterocycles. The minimum atomic E-state index is -3.74. The van der Waals surface area contributed by atoms with E-state index in [2.05, 4.69) is 5.32 Å². The summed E-state index contributed by atoms with van der Waals surface area (Å²) in [4.78, 5) is 17.2. The van der Waals surface area contributed by atoms with Crippen molar-refractivity contribution in [2.24, 2.45) is 0 Å². The first-order chi connectivity index (χ1) is 12.8. The summed E-state index contributed by atoms with van der Waals surface area (Å²) in [6.07, 6.45) is 1.71. The van der Waals surface area contributed by atoms with Crippen molar-refractivity contribution in [1.29, 1.82) is 0 Å². The van der Waals surface area contributed by atoms with Gasteiger partial charge in [0.25, 0.3) is 15.9 Å². The van der Waals surface area contributed by atoms with E-state index in [1.54, 1.807) is 24.3 Å². The Morgan fingerprint density at radius 1 is 1.22 bits per heavy atom. The van der Waals surface area contributed by atoms with Crippen LogP contribution in [0, 0.1) is 0 Å². The summed E-state index contributed by atoms with van der Waals surface area (Å²) in [5, 5.41) is 3.27. The van der Waals surface area contributed by atoms with Crippen molar-refractivity contribution < 1.29 is 22.8 Å². The molecule has 0 bridgehead atoms. The minimum absolute atomic E-state index is 0.0497. The van der Waals surface area contributed by atoms with Crippen molar-refractivity contribution in [3.63, 3.8) is 0 Å². The molecule has 2 aromatic rings. The topological polar surface area (TPSA) is 84.9 Å². The van der Waals surface area contributed by atoms with E-state index in [1.165, 1.54) is 38.4 Å². The van der Waals surface area contributed by atoms with Gasteiger partial charge in [-0.3, -0.25) is 9.63 Å². The highest BCUT2D eigenvalue weighted by Crippen LogP contribution is 2.29. The molecule has 0 fully saturated rings. The predicted molar refractivity (Wildman–Crippen MR) is 102 cm³/mol. The van der Waals surface area contributed by atoms with E-state index >= 15 is 0 Å². The maximum absolute atomic E-state index is 12.5. The van der Waals surface area contributed by atoms with E-state index in [9.17, 15) is 13.2 Å². The number of sulfonamides is 1. The van der Waals surface area contributed by atoms with E-state index in [1.807, 2.05) is 0 Å². The van der Waals surface area contributed by atoms with Crippen molar-refractivity contribution in [2.45, 2.75) is 4.90 Å². The van der Waals surface area contributed by atoms with Gasteiger partial charge in [0.15, 0.2) is 0 Å². The molecule has 0 radical (unpaired) electrons. The lowest BCUT2D eigenvalue weighted by molar-refractivity contribution is -0.113. The molecule has 7 nitrogen and oxygen atoms in total. The zero-order valence-electron chi connectivity index (χ0n) is 14.6. The van der Waals surface area contributed by atoms with Gasteiger partial charge < -0.3 is 10.1 Å². The molecule has 0 saturated carbocycles. The lowest BCUT2D eigenvalue weighted by Crippen LogP contribution is -2.25. The second-order valence-corrected chi connectivity index (χ2v) is 8.09. The van der Waals surface area contributed by atoms with Crippen LogP contribution in [0.3, 0.4) is 0 Å². The van der Waals surface area contributed by atoms with E-state index in [4.69, 9.17) is 21.2 Å². The van der Waals surface area contributed by atoms with Crippen molar-refractivity contribution in [2.75, 3.05) is 26.1 Å². The second-order valence-electron chi connectivity index (χ2n) is 5.72. The molecule has 142 valence electrons. The number of benzene rings is 2. The summed E-state index contributed by atoms with van der Waals surface area (Å²) in [6.45, 7) is 0.131. The normalized spacial score (nSPS) is 13.6. The van der Waals surface area contributed by atoms with Crippen LogP contribution in [0.2, 0.25) is 5.02 Å². The number of anilines is 1. The Morgan fingerprint density at radius 3 is 2.59 bits per heavy atom. The fraction of sp³-hybridized carbons (Fsp3) is 0.167. The van der Waals surface area contributed by atoms with Crippen LogP contribution in [-0.2, 0) is 19.7 Å². The Kier molecular flexibility index (Phi) is 5.52. The van der Waals surface area contributed by atoms with Crippen LogP contribution in [0.15, 0.2) is 52.9 Å². The van der Waals surface area contributed by atoms with Gasteiger partial charge in [-0.1, -0.05) is 16.1 Å². The van der Waals surface area contributed by atoms with Crippen LogP contribution >= 0.6 is 11.6 Å². The first-order valence-corrected chi connectivity index (χ1v) is 9.70. The van der Waals surface area contributed by atoms with Crippen molar-refractivity contribution in [1.82, 2.24) is 4.47 Å². The van der Waals surface area contributed by atoms with Crippen molar-refractivity contribution >= 4 is 39.3 Å². The van der Waals surface area contributed by atoms with E-state index in [-0.39, 0.29) is 17.4 Å². The molecule has 2 aromatic carbocycles. The van der Waals surface area contributed by atoms with Gasteiger partial charge in [0.2, 0.25) is 0 Å². The van der Waals surface area contributed by atoms with Gasteiger partial charge in [0.1, 0.15) is 12.4 Å². The largest absolute Gasteiger partial charge is 0.488 e. The first-order valence-electron chi connectivity index (χ1n) is 7.88. The first kappa shape index (κ1) is 19.4. The lowest BCUT2D eigenvalue weighted by atomic mass is 10.1. The fourth-order valence-electron chi connectivity index (χ4n) is 2.45. The summed E-state index contributed by atoms with van der Waals surface area (Å²) in [6, 6.07) is 11.0. The number of carbonyl (C=O) groups is 1. The molecular formula is C18H17ClN2O5S. The molecule has 1 amide bonds. The number of carbonyl (C=O) groups excluding carboxylic acids is 1. The lowest BCUT2D eigenvalue weighted by Gasteiger charge is -2.18. The van der Waals surface area contributed by atoms with Crippen LogP contribution in [0.25, 0.3) is 6.08 Å². The third-order valence-electron chi connectivity index (χ3n) is 3.98. The molecule has 0 aromatic heterocycles. The van der Waals surface area contributed by atoms with E-state index in [0.717, 1.165) is 10.0 Å². The summed E-state index contributed by atoms with van der Waals surface area (Å²) in [5.41, 5.74) is 1.61. The Morgan fingerprint density at radius 2 is 1.93 bits per heavy atom. The van der Waals surface area contributed by atoms with Crippen LogP contribution in [0.5, 0.6) is 5.75 Å². The number of nitrogens with zero attached hydrogens (tertiary/aromatic N) is 1. The molecule has 27 heavy (non-hydrogen) atoms. The summed E-state index contributed by atoms with van der Waals surface area (Å²) < 4.78 is 30.7. The third-order valence-corrected chi connectivity index (χ3v) is 5.91. The highest BCUT2D eigenvalue weighted by atomic mass is 35.5. The average molecular weight is 409 g/mol. The SMILES string of the molecule is CON(C)S(=O)(=O)c1ccc(NC(=O)C2=Cc3cc(Cl)ccc3OC2)cc1. The van der Waals surface area contributed by atoms with Crippen LogP contribution < -0.4 is 10.1 Å². The number of hydroxylamine groups is 1. The molecule has 0 saturated heterocycles. The van der Waals surface area contributed by atoms with Crippen LogP contribution in [0.4, 0.5) is 5.69 Å². The fourth-order valence-corrected chi connectivity index (χ4v) is 3.60. The van der Waals surface area contributed by atoms with Gasteiger partial charge in [0, 0.05) is 23.3 Å². The highest BCUT2D eigenvalue weighted by molar-refractivity contribution is 7.89. The highest BCUT2D eigenvalue weighted by Gasteiger charge is 2.21. The van der Waals surface area contributed by atoms with Gasteiger partial charge >= 0.3 is 0 Å². The molecule has 1 aliphatic rings. The number of amides is 1. The molecule has 1 N–H and O–H groups in total. The monoisotopic (exact) mass is 408 g/mol. The quantitative estimate of drug-likeness (QED) is 0.769. The number of hydrogen-bond acceptors (Lipinski definition) is 5. The zero-order chi connectivity index (χ0) is 19.6. The van der Waals surface area contributed by atoms with Crippen molar-refractivity contribution in [3.05, 3.63) is 58.6 Å². The maximum atomic E-state index is 12.5. The number of halogens is 1. The standard InChI is InChI=1S/C18H17ClN2O5S/c1-21(25-2)27(23,24)16-6-4-15(5-7-16)20-18(22)13-9-12-10-14(19)3-8-17(12)26-11-13/h3-10H,11H2,1-2H3,(H,20,22). The van der Waals surface area contributed by atoms with E-state index < -0.39 is 10.0 Å². The van der Waals surface area contributed by atoms with Gasteiger partial charge in [-0.15, -0.1) is 0 Å². The molecule has 0 spiro atoms. The van der Waals surface area contributed by atoms with Crippen molar-refractivity contribution in [3.8, 4) is 5.75 Å². The summed E-state index contributed by atoms with van der Waals surface area (Å²) in [7, 11) is -1.18. The van der Waals surface area contributed by atoms with Crippen LogP contribution in [0.1, 0.15) is 5.56 Å². The summed E-state index contributed by atoms with van der Waals surface area (Å²) >= 11 is 5.97. The molecule has 0 aliphatic carbocycles. The van der Waals surface area contributed by atoms with Gasteiger partial charge in [-0.25, -0.2) is 8.42 Å². The van der Waals surface area contributed by atoms with Crippen LogP contribution in [-0.4, -0.2) is 39.6 Å². The molecule has 3 rings (SSSR count). The maximum Gasteiger partial charge on any atom is 0.264 e. The number of hydrogen-bond donors (Lipinski definition) is 1. The van der Waals surface area contributed by atoms with E-state index in [0.29, 0.717) is 22.0 Å². The number of nitrogens with one attached hydrogen (secondary N) is 1. The summed E-state index contributed by atoms with van der Waals surface area (Å²) in [5.74, 6) is 0.318. The Balaban J connectivity index is 1.75.